The molecule has 4 nitrogen and oxygen atoms in total. The van der Waals surface area contributed by atoms with Crippen molar-refractivity contribution < 1.29 is 13.9 Å². The van der Waals surface area contributed by atoms with Crippen molar-refractivity contribution in [2.45, 2.75) is 43.7 Å². The van der Waals surface area contributed by atoms with E-state index in [0.29, 0.717) is 24.2 Å². The normalized spacial score (nSPS) is 20.5. The summed E-state index contributed by atoms with van der Waals surface area (Å²) in [5, 5.41) is 9.04. The molecule has 6 rings (SSSR count). The fraction of sp³-hybridized carbons (Fsp3) is 0.267. The van der Waals surface area contributed by atoms with E-state index < -0.39 is 0 Å². The molecule has 2 atom stereocenters. The number of hydrogen-bond acceptors (Lipinski definition) is 3. The van der Waals surface area contributed by atoms with E-state index in [1.54, 1.807) is 12.1 Å². The molecule has 2 heterocycles. The number of rotatable bonds is 3. The highest BCUT2D eigenvalue weighted by Gasteiger charge is 2.39. The van der Waals surface area contributed by atoms with Crippen molar-refractivity contribution in [1.82, 2.24) is 4.90 Å². The van der Waals surface area contributed by atoms with Gasteiger partial charge in [-0.25, -0.2) is 9.18 Å². The van der Waals surface area contributed by atoms with Crippen molar-refractivity contribution in [1.29, 1.82) is 5.26 Å². The maximum atomic E-state index is 14.7. The van der Waals surface area contributed by atoms with Crippen LogP contribution in [0.15, 0.2) is 72.8 Å². The van der Waals surface area contributed by atoms with Gasteiger partial charge in [-0.1, -0.05) is 60.7 Å². The summed E-state index contributed by atoms with van der Waals surface area (Å²) in [5.41, 5.74) is 6.53. The monoisotopic (exact) mass is 464 g/mol. The largest absolute Gasteiger partial charge is 0.448 e. The fourth-order valence-electron chi connectivity index (χ4n) is 6.03. The van der Waals surface area contributed by atoms with Crippen molar-refractivity contribution >= 4 is 11.7 Å². The van der Waals surface area contributed by atoms with E-state index in [1.807, 2.05) is 41.3 Å². The number of benzene rings is 3. The van der Waals surface area contributed by atoms with Crippen LogP contribution in [0.2, 0.25) is 0 Å². The number of amides is 1. The first-order chi connectivity index (χ1) is 17.1. The summed E-state index contributed by atoms with van der Waals surface area (Å²) in [4.78, 5) is 15.2. The minimum Gasteiger partial charge on any atom is -0.448 e. The minimum absolute atomic E-state index is 0.0144. The van der Waals surface area contributed by atoms with E-state index in [4.69, 9.17) is 10.00 Å². The maximum Gasteiger partial charge on any atom is 0.410 e. The third-order valence-electron chi connectivity index (χ3n) is 7.63. The Kier molecular flexibility index (Phi) is 5.37. The summed E-state index contributed by atoms with van der Waals surface area (Å²) < 4.78 is 20.7. The summed E-state index contributed by atoms with van der Waals surface area (Å²) in [6.07, 6.45) is 5.04. The Labute approximate surface area is 204 Å². The van der Waals surface area contributed by atoms with Crippen LogP contribution in [-0.4, -0.2) is 29.7 Å². The standard InChI is InChI=1S/C30H25FN2O2/c31-29-14-19(17-32)12-13-23(29)20-15-21-6-5-7-22(16-20)33(21)30(34)35-18-28-26-10-3-1-8-24(26)25-9-2-4-11-27(25)28/h1-4,8-15,21-22,28H,5-7,16,18H2. The number of halogens is 1. The average Bonchev–Trinajstić information content (AvgIpc) is 3.20. The highest BCUT2D eigenvalue weighted by molar-refractivity contribution is 5.79. The zero-order valence-electron chi connectivity index (χ0n) is 19.3. The molecule has 3 aromatic carbocycles. The van der Waals surface area contributed by atoms with Crippen LogP contribution in [0.4, 0.5) is 9.18 Å². The Morgan fingerprint density at radius 3 is 2.37 bits per heavy atom. The Morgan fingerprint density at radius 1 is 1.00 bits per heavy atom. The molecule has 0 spiro atoms. The summed E-state index contributed by atoms with van der Waals surface area (Å²) in [7, 11) is 0. The highest BCUT2D eigenvalue weighted by atomic mass is 19.1. The SMILES string of the molecule is N#Cc1ccc(C2=CC3CCCC(C2)N3C(=O)OCC2c3ccccc3-c3ccccc32)c(F)c1. The Morgan fingerprint density at radius 2 is 1.71 bits per heavy atom. The van der Waals surface area contributed by atoms with Gasteiger partial charge in [0, 0.05) is 17.5 Å². The molecule has 0 radical (unpaired) electrons. The van der Waals surface area contributed by atoms with Gasteiger partial charge in [0.2, 0.25) is 0 Å². The van der Waals surface area contributed by atoms with Gasteiger partial charge in [-0.2, -0.15) is 5.26 Å². The maximum absolute atomic E-state index is 14.7. The Hall–Kier alpha value is -3.91. The molecule has 35 heavy (non-hydrogen) atoms. The smallest absolute Gasteiger partial charge is 0.410 e. The van der Waals surface area contributed by atoms with Crippen LogP contribution >= 0.6 is 0 Å². The number of nitriles is 1. The van der Waals surface area contributed by atoms with Gasteiger partial charge >= 0.3 is 6.09 Å². The van der Waals surface area contributed by atoms with E-state index in [1.165, 1.54) is 28.3 Å². The number of ether oxygens (including phenoxy) is 1. The van der Waals surface area contributed by atoms with Crippen molar-refractivity contribution in [2.24, 2.45) is 0 Å². The molecule has 3 aromatic rings. The molecule has 2 unspecified atom stereocenters. The molecule has 0 saturated carbocycles. The van der Waals surface area contributed by atoms with Gasteiger partial charge in [0.1, 0.15) is 12.4 Å². The van der Waals surface area contributed by atoms with Gasteiger partial charge in [-0.15, -0.1) is 0 Å². The molecule has 0 aromatic heterocycles. The molecule has 1 fully saturated rings. The lowest BCUT2D eigenvalue weighted by Gasteiger charge is -2.44. The van der Waals surface area contributed by atoms with Crippen LogP contribution in [0.25, 0.3) is 16.7 Å². The second-order valence-corrected chi connectivity index (χ2v) is 9.57. The van der Waals surface area contributed by atoms with E-state index in [9.17, 15) is 9.18 Å². The number of nitrogens with zero attached hydrogens (tertiary/aromatic N) is 2. The van der Waals surface area contributed by atoms with Gasteiger partial charge in [0.05, 0.1) is 17.7 Å². The number of carbonyl (C=O) groups is 1. The highest BCUT2D eigenvalue weighted by Crippen LogP contribution is 2.45. The number of hydrogen-bond donors (Lipinski definition) is 0. The van der Waals surface area contributed by atoms with Crippen LogP contribution in [0.5, 0.6) is 0 Å². The predicted octanol–water partition coefficient (Wildman–Crippen LogP) is 6.66. The third-order valence-corrected chi connectivity index (χ3v) is 7.63. The zero-order valence-corrected chi connectivity index (χ0v) is 19.3. The Bertz CT molecular complexity index is 1340. The van der Waals surface area contributed by atoms with E-state index in [0.717, 1.165) is 24.8 Å². The Balaban J connectivity index is 1.22. The lowest BCUT2D eigenvalue weighted by molar-refractivity contribution is 0.0538. The van der Waals surface area contributed by atoms with Crippen molar-refractivity contribution in [2.75, 3.05) is 6.61 Å². The average molecular weight is 465 g/mol. The molecule has 1 saturated heterocycles. The summed E-state index contributed by atoms with van der Waals surface area (Å²) in [6, 6.07) is 23.1. The van der Waals surface area contributed by atoms with Gasteiger partial charge in [-0.3, -0.25) is 4.90 Å². The fourth-order valence-corrected chi connectivity index (χ4v) is 6.03. The van der Waals surface area contributed by atoms with Crippen LogP contribution in [0.3, 0.4) is 0 Å². The van der Waals surface area contributed by atoms with Crippen molar-refractivity contribution in [3.8, 4) is 17.2 Å². The summed E-state index contributed by atoms with van der Waals surface area (Å²) in [6.45, 7) is 0.295. The molecule has 2 bridgehead atoms. The molecule has 0 N–H and O–H groups in total. The first-order valence-corrected chi connectivity index (χ1v) is 12.2. The van der Waals surface area contributed by atoms with Crippen molar-refractivity contribution in [3.05, 3.63) is 101 Å². The van der Waals surface area contributed by atoms with Crippen LogP contribution in [0.1, 0.15) is 53.9 Å². The molecule has 174 valence electrons. The van der Waals surface area contributed by atoms with Crippen molar-refractivity contribution in [3.63, 3.8) is 0 Å². The lowest BCUT2D eigenvalue weighted by atomic mass is 9.83. The van der Waals surface area contributed by atoms with E-state index >= 15 is 0 Å². The van der Waals surface area contributed by atoms with Gasteiger partial charge < -0.3 is 4.74 Å². The minimum atomic E-state index is -0.386. The molecule has 3 aliphatic rings. The third kappa shape index (κ3) is 3.70. The lowest BCUT2D eigenvalue weighted by Crippen LogP contribution is -2.52. The molecular weight excluding hydrogens is 439 g/mol. The molecule has 1 aliphatic carbocycles. The van der Waals surface area contributed by atoms with Crippen LogP contribution in [-0.2, 0) is 4.74 Å². The quantitative estimate of drug-likeness (QED) is 0.436. The summed E-state index contributed by atoms with van der Waals surface area (Å²) >= 11 is 0. The molecule has 1 amide bonds. The molecular formula is C30H25FN2O2. The van der Waals surface area contributed by atoms with E-state index in [2.05, 4.69) is 24.3 Å². The first-order valence-electron chi connectivity index (χ1n) is 12.2. The van der Waals surface area contributed by atoms with Crippen LogP contribution < -0.4 is 0 Å². The van der Waals surface area contributed by atoms with Gasteiger partial charge in [-0.05, 0) is 65.6 Å². The van der Waals surface area contributed by atoms with Crippen LogP contribution in [0, 0.1) is 17.1 Å². The number of carbonyl (C=O) groups excluding carboxylic acids is 1. The molecule has 5 heteroatoms. The zero-order chi connectivity index (χ0) is 23.9. The number of piperidine rings is 1. The molecule has 2 aliphatic heterocycles. The second kappa shape index (κ2) is 8.70. The second-order valence-electron chi connectivity index (χ2n) is 9.57. The van der Waals surface area contributed by atoms with Gasteiger partial charge in [0.15, 0.2) is 0 Å². The first kappa shape index (κ1) is 21.6. The van der Waals surface area contributed by atoms with E-state index in [-0.39, 0.29) is 29.9 Å². The predicted molar refractivity (Wildman–Crippen MR) is 132 cm³/mol. The number of fused-ring (bicyclic) bond motifs is 5. The van der Waals surface area contributed by atoms with Gasteiger partial charge in [0.25, 0.3) is 0 Å². The topological polar surface area (TPSA) is 53.3 Å². The summed E-state index contributed by atoms with van der Waals surface area (Å²) in [5.74, 6) is -0.363.